The zero-order valence-electron chi connectivity index (χ0n) is 7.75. The van der Waals surface area contributed by atoms with Gasteiger partial charge in [0, 0.05) is 17.6 Å². The quantitative estimate of drug-likeness (QED) is 0.583. The predicted molar refractivity (Wildman–Crippen MR) is 55.3 cm³/mol. The molecular weight excluding hydrogens is 176 g/mol. The largest absolute Gasteiger partial charge is 0.506 e. The van der Waals surface area contributed by atoms with Gasteiger partial charge in [-0.3, -0.25) is 0 Å². The van der Waals surface area contributed by atoms with Gasteiger partial charge >= 0.3 is 0 Å². The van der Waals surface area contributed by atoms with Gasteiger partial charge in [-0.25, -0.2) is 0 Å². The van der Waals surface area contributed by atoms with E-state index in [2.05, 4.69) is 4.98 Å². The summed E-state index contributed by atoms with van der Waals surface area (Å²) in [6, 6.07) is 3.91. The van der Waals surface area contributed by atoms with Crippen LogP contribution in [0, 0.1) is 0 Å². The first-order chi connectivity index (χ1) is 6.75. The predicted octanol–water partition coefficient (Wildman–Crippen LogP) is 1.30. The molecule has 1 heterocycles. The lowest BCUT2D eigenvalue weighted by molar-refractivity contribution is 0.480. The molecule has 1 aromatic heterocycles. The summed E-state index contributed by atoms with van der Waals surface area (Å²) in [4.78, 5) is 3.10. The van der Waals surface area contributed by atoms with Crippen LogP contribution in [0.4, 0.5) is 0 Å². The Labute approximate surface area is 81.5 Å². The number of nitrogens with one attached hydrogen (secondary N) is 1. The summed E-state index contributed by atoms with van der Waals surface area (Å²) in [6.07, 6.45) is 3.75. The highest BCUT2D eigenvalue weighted by Crippen LogP contribution is 2.33. The Hall–Kier alpha value is -1.48. The van der Waals surface area contributed by atoms with Gasteiger partial charge in [-0.05, 0) is 30.0 Å². The summed E-state index contributed by atoms with van der Waals surface area (Å²) in [5.41, 5.74) is 9.27. The fourth-order valence-corrected chi connectivity index (χ4v) is 2.35. The normalized spacial score (nSPS) is 20.2. The van der Waals surface area contributed by atoms with E-state index in [0.717, 1.165) is 18.4 Å². The first-order valence-corrected chi connectivity index (χ1v) is 4.82. The van der Waals surface area contributed by atoms with Gasteiger partial charge in [0.05, 0.1) is 5.52 Å². The molecule has 3 rings (SSSR count). The Balaban J connectivity index is 2.39. The Morgan fingerprint density at radius 2 is 2.07 bits per heavy atom. The fourth-order valence-electron chi connectivity index (χ4n) is 2.35. The maximum absolute atomic E-state index is 9.63. The Morgan fingerprint density at radius 1 is 1.29 bits per heavy atom. The highest BCUT2D eigenvalue weighted by Gasteiger charge is 2.20. The zero-order valence-corrected chi connectivity index (χ0v) is 7.75. The molecule has 0 aliphatic heterocycles. The number of phenols is 1. The molecular formula is C11H12N2O. The molecule has 0 radical (unpaired) electrons. The van der Waals surface area contributed by atoms with Crippen molar-refractivity contribution in [1.82, 2.24) is 4.98 Å². The van der Waals surface area contributed by atoms with E-state index in [0.29, 0.717) is 5.75 Å². The van der Waals surface area contributed by atoms with E-state index in [9.17, 15) is 5.11 Å². The maximum atomic E-state index is 9.63. The summed E-state index contributed by atoms with van der Waals surface area (Å²) in [5, 5.41) is 10.8. The van der Waals surface area contributed by atoms with E-state index >= 15 is 0 Å². The minimum Gasteiger partial charge on any atom is -0.506 e. The number of benzene rings is 1. The SMILES string of the molecule is NC1Cc2ccc(O)c3[nH]cc(c23)C1. The number of nitrogens with two attached hydrogens (primary N) is 1. The molecule has 72 valence electrons. The van der Waals surface area contributed by atoms with Gasteiger partial charge in [-0.2, -0.15) is 0 Å². The third-order valence-electron chi connectivity index (χ3n) is 2.95. The van der Waals surface area contributed by atoms with Crippen LogP contribution in [0.3, 0.4) is 0 Å². The molecule has 1 atom stereocenters. The summed E-state index contributed by atoms with van der Waals surface area (Å²) in [6.45, 7) is 0. The highest BCUT2D eigenvalue weighted by atomic mass is 16.3. The molecule has 1 aliphatic rings. The number of hydrogen-bond donors (Lipinski definition) is 3. The summed E-state index contributed by atoms with van der Waals surface area (Å²) < 4.78 is 0. The van der Waals surface area contributed by atoms with Crippen molar-refractivity contribution in [3.05, 3.63) is 29.5 Å². The average Bonchev–Trinajstić information content (AvgIpc) is 2.56. The van der Waals surface area contributed by atoms with Gasteiger partial charge in [-0.1, -0.05) is 6.07 Å². The molecule has 0 fully saturated rings. The van der Waals surface area contributed by atoms with E-state index in [1.54, 1.807) is 6.07 Å². The van der Waals surface area contributed by atoms with Gasteiger partial charge in [0.15, 0.2) is 0 Å². The van der Waals surface area contributed by atoms with Crippen LogP contribution in [-0.4, -0.2) is 16.1 Å². The van der Waals surface area contributed by atoms with Crippen molar-refractivity contribution in [1.29, 1.82) is 0 Å². The second kappa shape index (κ2) is 2.51. The van der Waals surface area contributed by atoms with E-state index in [4.69, 9.17) is 5.73 Å². The fraction of sp³-hybridized carbons (Fsp3) is 0.273. The second-order valence-corrected chi connectivity index (χ2v) is 3.98. The van der Waals surface area contributed by atoms with Gasteiger partial charge in [0.2, 0.25) is 0 Å². The topological polar surface area (TPSA) is 62.0 Å². The molecule has 0 amide bonds. The van der Waals surface area contributed by atoms with Crippen molar-refractivity contribution < 1.29 is 5.11 Å². The molecule has 0 saturated carbocycles. The van der Waals surface area contributed by atoms with E-state index in [-0.39, 0.29) is 6.04 Å². The minimum atomic E-state index is 0.214. The van der Waals surface area contributed by atoms with Gasteiger partial charge in [0.25, 0.3) is 0 Å². The second-order valence-electron chi connectivity index (χ2n) is 3.98. The molecule has 14 heavy (non-hydrogen) atoms. The summed E-state index contributed by atoms with van der Waals surface area (Å²) in [5.74, 6) is 0.325. The first kappa shape index (κ1) is 7.88. The molecule has 1 aliphatic carbocycles. The van der Waals surface area contributed by atoms with Crippen molar-refractivity contribution >= 4 is 10.9 Å². The monoisotopic (exact) mass is 188 g/mol. The van der Waals surface area contributed by atoms with E-state index in [1.807, 2.05) is 12.3 Å². The third kappa shape index (κ3) is 0.902. The Morgan fingerprint density at radius 3 is 2.93 bits per heavy atom. The van der Waals surface area contributed by atoms with Gasteiger partial charge in [0.1, 0.15) is 5.75 Å². The maximum Gasteiger partial charge on any atom is 0.139 e. The number of H-pyrrole nitrogens is 1. The van der Waals surface area contributed by atoms with Crippen LogP contribution in [0.25, 0.3) is 10.9 Å². The first-order valence-electron chi connectivity index (χ1n) is 4.82. The van der Waals surface area contributed by atoms with Crippen LogP contribution >= 0.6 is 0 Å². The molecule has 2 aromatic rings. The number of hydrogen-bond acceptors (Lipinski definition) is 2. The van der Waals surface area contributed by atoms with E-state index < -0.39 is 0 Å². The number of aromatic hydroxyl groups is 1. The van der Waals surface area contributed by atoms with Crippen LogP contribution in [0.1, 0.15) is 11.1 Å². The van der Waals surface area contributed by atoms with E-state index in [1.165, 1.54) is 16.5 Å². The molecule has 1 unspecified atom stereocenters. The lowest BCUT2D eigenvalue weighted by atomic mass is 9.90. The van der Waals surface area contributed by atoms with Crippen LogP contribution in [-0.2, 0) is 12.8 Å². The van der Waals surface area contributed by atoms with Crippen molar-refractivity contribution in [2.45, 2.75) is 18.9 Å². The van der Waals surface area contributed by atoms with Crippen LogP contribution in [0.5, 0.6) is 5.75 Å². The molecule has 3 nitrogen and oxygen atoms in total. The van der Waals surface area contributed by atoms with Crippen LogP contribution in [0.2, 0.25) is 0 Å². The molecule has 0 spiro atoms. The highest BCUT2D eigenvalue weighted by molar-refractivity contribution is 5.91. The lowest BCUT2D eigenvalue weighted by Crippen LogP contribution is -2.28. The molecule has 4 N–H and O–H groups in total. The number of aromatic nitrogens is 1. The average molecular weight is 188 g/mol. The van der Waals surface area contributed by atoms with Crippen molar-refractivity contribution in [2.24, 2.45) is 5.73 Å². The van der Waals surface area contributed by atoms with Crippen molar-refractivity contribution in [2.75, 3.05) is 0 Å². The molecule has 0 saturated heterocycles. The van der Waals surface area contributed by atoms with Crippen LogP contribution < -0.4 is 5.73 Å². The Bertz CT molecular complexity index is 501. The van der Waals surface area contributed by atoms with Gasteiger partial charge < -0.3 is 15.8 Å². The zero-order chi connectivity index (χ0) is 9.71. The third-order valence-corrected chi connectivity index (χ3v) is 2.95. The van der Waals surface area contributed by atoms with Crippen molar-refractivity contribution in [3.63, 3.8) is 0 Å². The van der Waals surface area contributed by atoms with Crippen LogP contribution in [0.15, 0.2) is 18.3 Å². The smallest absolute Gasteiger partial charge is 0.139 e. The summed E-state index contributed by atoms with van der Waals surface area (Å²) >= 11 is 0. The minimum absolute atomic E-state index is 0.214. The van der Waals surface area contributed by atoms with Gasteiger partial charge in [-0.15, -0.1) is 0 Å². The Kier molecular flexibility index (Phi) is 1.42. The summed E-state index contributed by atoms with van der Waals surface area (Å²) in [7, 11) is 0. The van der Waals surface area contributed by atoms with Crippen molar-refractivity contribution in [3.8, 4) is 5.75 Å². The molecule has 0 bridgehead atoms. The number of aromatic amines is 1. The lowest BCUT2D eigenvalue weighted by Gasteiger charge is -2.18. The number of phenolic OH excluding ortho intramolecular Hbond substituents is 1. The standard InChI is InChI=1S/C11H12N2O/c12-8-3-6-1-2-9(14)11-10(6)7(4-8)5-13-11/h1-2,5,8,13-14H,3-4,12H2. The molecule has 1 aromatic carbocycles. The number of rotatable bonds is 0. The molecule has 3 heteroatoms.